The lowest BCUT2D eigenvalue weighted by Gasteiger charge is -2.10. The lowest BCUT2D eigenvalue weighted by Crippen LogP contribution is -2.19. The van der Waals surface area contributed by atoms with Gasteiger partial charge < -0.3 is 15.2 Å². The van der Waals surface area contributed by atoms with Gasteiger partial charge in [0.15, 0.2) is 0 Å². The van der Waals surface area contributed by atoms with Gasteiger partial charge in [0.2, 0.25) is 0 Å². The van der Waals surface area contributed by atoms with Gasteiger partial charge in [-0.2, -0.15) is 0 Å². The number of nitrogens with one attached hydrogen (secondary N) is 2. The van der Waals surface area contributed by atoms with Crippen molar-refractivity contribution in [2.24, 2.45) is 7.05 Å². The third-order valence-electron chi connectivity index (χ3n) is 5.09. The lowest BCUT2D eigenvalue weighted by molar-refractivity contribution is 0.262. The highest BCUT2D eigenvalue weighted by Crippen LogP contribution is 2.32. The van der Waals surface area contributed by atoms with Crippen LogP contribution in [0.2, 0.25) is 0 Å². The van der Waals surface area contributed by atoms with Gasteiger partial charge in [-0.1, -0.05) is 32.3 Å². The second kappa shape index (κ2) is 8.71. The van der Waals surface area contributed by atoms with Crippen molar-refractivity contribution in [1.82, 2.24) is 9.55 Å². The summed E-state index contributed by atoms with van der Waals surface area (Å²) in [5.74, 6) is 0. The summed E-state index contributed by atoms with van der Waals surface area (Å²) in [5, 5.41) is 7.01. The number of carbonyl (C=O) groups excluding carboxylic acids is 1. The normalized spacial score (nSPS) is 10.9. The summed E-state index contributed by atoms with van der Waals surface area (Å²) in [6, 6.07) is 9.43. The van der Waals surface area contributed by atoms with Crippen LogP contribution in [0.25, 0.3) is 10.9 Å². The predicted octanol–water partition coefficient (Wildman–Crippen LogP) is 5.65. The number of urea groups is 1. The molecule has 142 valence electrons. The maximum atomic E-state index is 12.5. The molecular formula is C22H28N4O. The number of carbonyl (C=O) groups is 1. The number of benzene rings is 1. The summed E-state index contributed by atoms with van der Waals surface area (Å²) in [6.07, 6.45) is 9.26. The number of pyridine rings is 1. The van der Waals surface area contributed by atoms with Gasteiger partial charge in [0.1, 0.15) is 0 Å². The Bertz CT molecular complexity index is 915. The Morgan fingerprint density at radius 3 is 2.70 bits per heavy atom. The molecule has 0 radical (unpaired) electrons. The Labute approximate surface area is 160 Å². The van der Waals surface area contributed by atoms with Crippen molar-refractivity contribution in [3.63, 3.8) is 0 Å². The van der Waals surface area contributed by atoms with Gasteiger partial charge in [0, 0.05) is 24.3 Å². The average molecular weight is 364 g/mol. The van der Waals surface area contributed by atoms with E-state index in [1.54, 1.807) is 18.5 Å². The molecule has 27 heavy (non-hydrogen) atoms. The standard InChI is InChI=1S/C22H28N4O/c1-4-5-6-7-11-18-16(2)26(3)20-13-8-12-19(21(18)20)25-22(27)24-17-10-9-14-23-15-17/h8-10,12-15H,4-7,11H2,1-3H3,(H2,24,25,27). The fourth-order valence-electron chi connectivity index (χ4n) is 3.56. The predicted molar refractivity (Wildman–Crippen MR) is 112 cm³/mol. The van der Waals surface area contributed by atoms with Crippen molar-refractivity contribution in [1.29, 1.82) is 0 Å². The second-order valence-corrected chi connectivity index (χ2v) is 6.95. The minimum absolute atomic E-state index is 0.256. The van der Waals surface area contributed by atoms with E-state index in [9.17, 15) is 4.79 Å². The van der Waals surface area contributed by atoms with Crippen LogP contribution in [0, 0.1) is 6.92 Å². The summed E-state index contributed by atoms with van der Waals surface area (Å²) >= 11 is 0. The highest BCUT2D eigenvalue weighted by atomic mass is 16.2. The van der Waals surface area contributed by atoms with Crippen molar-refractivity contribution in [3.8, 4) is 0 Å². The van der Waals surface area contributed by atoms with Gasteiger partial charge in [-0.3, -0.25) is 4.98 Å². The zero-order valence-corrected chi connectivity index (χ0v) is 16.4. The summed E-state index contributed by atoms with van der Waals surface area (Å²) < 4.78 is 2.22. The number of hydrogen-bond acceptors (Lipinski definition) is 2. The summed E-state index contributed by atoms with van der Waals surface area (Å²) in [4.78, 5) is 16.5. The van der Waals surface area contributed by atoms with Crippen LogP contribution in [-0.4, -0.2) is 15.6 Å². The van der Waals surface area contributed by atoms with Crippen LogP contribution in [0.4, 0.5) is 16.2 Å². The van der Waals surface area contributed by atoms with E-state index in [0.717, 1.165) is 23.0 Å². The molecule has 2 heterocycles. The molecule has 0 bridgehead atoms. The number of rotatable bonds is 7. The third kappa shape index (κ3) is 4.30. The lowest BCUT2D eigenvalue weighted by atomic mass is 10.0. The minimum atomic E-state index is -0.256. The molecule has 0 fully saturated rings. The van der Waals surface area contributed by atoms with Crippen LogP contribution >= 0.6 is 0 Å². The van der Waals surface area contributed by atoms with Crippen LogP contribution in [0.15, 0.2) is 42.7 Å². The molecule has 0 saturated heterocycles. The number of aryl methyl sites for hydroxylation is 2. The smallest absolute Gasteiger partial charge is 0.323 e. The number of unbranched alkanes of at least 4 members (excludes halogenated alkanes) is 3. The first-order valence-electron chi connectivity index (χ1n) is 9.66. The van der Waals surface area contributed by atoms with E-state index >= 15 is 0 Å². The van der Waals surface area contributed by atoms with E-state index in [4.69, 9.17) is 0 Å². The first-order valence-corrected chi connectivity index (χ1v) is 9.66. The van der Waals surface area contributed by atoms with Crippen molar-refractivity contribution in [2.45, 2.75) is 46.0 Å². The van der Waals surface area contributed by atoms with Crippen LogP contribution in [0.5, 0.6) is 0 Å². The second-order valence-electron chi connectivity index (χ2n) is 6.95. The Kier molecular flexibility index (Phi) is 6.12. The molecule has 0 unspecified atom stereocenters. The molecule has 5 nitrogen and oxygen atoms in total. The van der Waals surface area contributed by atoms with Gasteiger partial charge in [-0.25, -0.2) is 4.79 Å². The quantitative estimate of drug-likeness (QED) is 0.532. The first kappa shape index (κ1) is 19.0. The number of hydrogen-bond donors (Lipinski definition) is 2. The molecule has 0 spiro atoms. The van der Waals surface area contributed by atoms with E-state index in [1.807, 2.05) is 18.2 Å². The Morgan fingerprint density at radius 2 is 1.96 bits per heavy atom. The number of aromatic nitrogens is 2. The van der Waals surface area contributed by atoms with Crippen LogP contribution in [-0.2, 0) is 13.5 Å². The SMILES string of the molecule is CCCCCCc1c(C)n(C)c2cccc(NC(=O)Nc3cccnc3)c12. The zero-order valence-electron chi connectivity index (χ0n) is 16.4. The monoisotopic (exact) mass is 364 g/mol. The molecule has 1 aromatic carbocycles. The van der Waals surface area contributed by atoms with Crippen molar-refractivity contribution in [2.75, 3.05) is 10.6 Å². The van der Waals surface area contributed by atoms with Gasteiger partial charge in [-0.05, 0) is 49.6 Å². The van der Waals surface area contributed by atoms with E-state index in [-0.39, 0.29) is 6.03 Å². The number of anilines is 2. The number of nitrogens with zero attached hydrogens (tertiary/aromatic N) is 2. The molecule has 2 N–H and O–H groups in total. The molecule has 2 amide bonds. The highest BCUT2D eigenvalue weighted by molar-refractivity contribution is 6.07. The molecule has 0 aliphatic carbocycles. The van der Waals surface area contributed by atoms with Crippen molar-refractivity contribution < 1.29 is 4.79 Å². The molecule has 0 atom stereocenters. The Morgan fingerprint density at radius 1 is 1.11 bits per heavy atom. The summed E-state index contributed by atoms with van der Waals surface area (Å²) in [5.41, 5.74) is 5.27. The maximum absolute atomic E-state index is 12.5. The van der Waals surface area contributed by atoms with Crippen LogP contribution in [0.1, 0.15) is 43.9 Å². The molecule has 3 aromatic rings. The van der Waals surface area contributed by atoms with Gasteiger partial charge >= 0.3 is 6.03 Å². The Balaban J connectivity index is 1.86. The van der Waals surface area contributed by atoms with Gasteiger partial charge in [0.25, 0.3) is 0 Å². The maximum Gasteiger partial charge on any atom is 0.323 e. The molecule has 0 saturated carbocycles. The summed E-state index contributed by atoms with van der Waals surface area (Å²) in [6.45, 7) is 4.39. The first-order chi connectivity index (χ1) is 13.1. The molecule has 2 aromatic heterocycles. The molecule has 5 heteroatoms. The van der Waals surface area contributed by atoms with Gasteiger partial charge in [-0.15, -0.1) is 0 Å². The minimum Gasteiger partial charge on any atom is -0.348 e. The van der Waals surface area contributed by atoms with E-state index in [1.165, 1.54) is 36.9 Å². The Hall–Kier alpha value is -2.82. The molecule has 3 rings (SSSR count). The fraction of sp³-hybridized carbons (Fsp3) is 0.364. The number of amides is 2. The summed E-state index contributed by atoms with van der Waals surface area (Å²) in [7, 11) is 2.09. The molecule has 0 aliphatic heterocycles. The average Bonchev–Trinajstić information content (AvgIpc) is 2.92. The largest absolute Gasteiger partial charge is 0.348 e. The third-order valence-corrected chi connectivity index (χ3v) is 5.09. The van der Waals surface area contributed by atoms with Crippen LogP contribution in [0.3, 0.4) is 0 Å². The van der Waals surface area contributed by atoms with E-state index < -0.39 is 0 Å². The molecule has 0 aliphatic rings. The zero-order chi connectivity index (χ0) is 19.2. The van der Waals surface area contributed by atoms with Crippen molar-refractivity contribution >= 4 is 28.3 Å². The van der Waals surface area contributed by atoms with E-state index in [0.29, 0.717) is 5.69 Å². The highest BCUT2D eigenvalue weighted by Gasteiger charge is 2.16. The van der Waals surface area contributed by atoms with Gasteiger partial charge in [0.05, 0.1) is 23.1 Å². The van der Waals surface area contributed by atoms with E-state index in [2.05, 4.69) is 47.1 Å². The topological polar surface area (TPSA) is 59.0 Å². The van der Waals surface area contributed by atoms with Crippen molar-refractivity contribution in [3.05, 3.63) is 54.0 Å². The number of fused-ring (bicyclic) bond motifs is 1. The fourth-order valence-corrected chi connectivity index (χ4v) is 3.56. The van der Waals surface area contributed by atoms with Crippen LogP contribution < -0.4 is 10.6 Å². The molecular weight excluding hydrogens is 336 g/mol.